The summed E-state index contributed by atoms with van der Waals surface area (Å²) in [6, 6.07) is 2.02. The quantitative estimate of drug-likeness (QED) is 0.504. The molecule has 0 saturated heterocycles. The zero-order valence-corrected chi connectivity index (χ0v) is 7.20. The molecule has 0 radical (unpaired) electrons. The Morgan fingerprint density at radius 2 is 1.85 bits per heavy atom. The van der Waals surface area contributed by atoms with Gasteiger partial charge in [0.2, 0.25) is 0 Å². The first-order valence-corrected chi connectivity index (χ1v) is 3.77. The summed E-state index contributed by atoms with van der Waals surface area (Å²) >= 11 is 5.24. The van der Waals surface area contributed by atoms with Crippen LogP contribution in [0.15, 0.2) is 12.1 Å². The van der Waals surface area contributed by atoms with Gasteiger partial charge in [-0.15, -0.1) is 0 Å². The van der Waals surface area contributed by atoms with Crippen LogP contribution in [0.4, 0.5) is 8.78 Å². The molecule has 0 aliphatic carbocycles. The van der Waals surface area contributed by atoms with Crippen LogP contribution in [-0.2, 0) is 0 Å². The van der Waals surface area contributed by atoms with E-state index in [9.17, 15) is 8.78 Å². The van der Waals surface area contributed by atoms with E-state index >= 15 is 0 Å². The number of halogens is 3. The molecular formula is C9H5ClF2O. The van der Waals surface area contributed by atoms with E-state index in [1.54, 1.807) is 0 Å². The van der Waals surface area contributed by atoms with E-state index in [1.165, 1.54) is 0 Å². The lowest BCUT2D eigenvalue weighted by atomic mass is 10.2. The van der Waals surface area contributed by atoms with Gasteiger partial charge in [0.1, 0.15) is 23.3 Å². The highest BCUT2D eigenvalue weighted by Gasteiger charge is 2.06. The normalized spacial score (nSPS) is 9.23. The highest BCUT2D eigenvalue weighted by Crippen LogP contribution is 2.19. The largest absolute Gasteiger partial charge is 0.384 e. The standard InChI is InChI=1S/C9H5ClF2O/c10-9-7(11)4-6(2-1-3-13)5-8(9)12/h4-5,13H,3H2. The minimum Gasteiger partial charge on any atom is -0.384 e. The lowest BCUT2D eigenvalue weighted by Crippen LogP contribution is -1.86. The minimum absolute atomic E-state index is 0.147. The number of hydrogen-bond donors (Lipinski definition) is 1. The first-order chi connectivity index (χ1) is 6.15. The van der Waals surface area contributed by atoms with Crippen molar-refractivity contribution in [1.82, 2.24) is 0 Å². The molecule has 0 atom stereocenters. The minimum atomic E-state index is -0.857. The summed E-state index contributed by atoms with van der Waals surface area (Å²) in [4.78, 5) is 0. The molecule has 0 heterocycles. The van der Waals surface area contributed by atoms with Crippen molar-refractivity contribution in [1.29, 1.82) is 0 Å². The van der Waals surface area contributed by atoms with Crippen molar-refractivity contribution in [3.8, 4) is 11.8 Å². The maximum atomic E-state index is 12.8. The van der Waals surface area contributed by atoms with Crippen molar-refractivity contribution < 1.29 is 13.9 Å². The first kappa shape index (κ1) is 9.97. The zero-order chi connectivity index (χ0) is 9.84. The second-order valence-electron chi connectivity index (χ2n) is 2.21. The van der Waals surface area contributed by atoms with Crippen molar-refractivity contribution in [2.24, 2.45) is 0 Å². The molecule has 0 spiro atoms. The molecule has 1 N–H and O–H groups in total. The maximum absolute atomic E-state index is 12.8. The van der Waals surface area contributed by atoms with Crippen LogP contribution in [0.25, 0.3) is 0 Å². The molecule has 0 bridgehead atoms. The van der Waals surface area contributed by atoms with E-state index in [0.717, 1.165) is 12.1 Å². The predicted octanol–water partition coefficient (Wildman–Crippen LogP) is 1.96. The summed E-state index contributed by atoms with van der Waals surface area (Å²) in [7, 11) is 0. The molecule has 0 saturated carbocycles. The number of aliphatic hydroxyl groups is 1. The van der Waals surface area contributed by atoms with E-state index in [4.69, 9.17) is 16.7 Å². The summed E-state index contributed by atoms with van der Waals surface area (Å²) in [5.41, 5.74) is 0.147. The van der Waals surface area contributed by atoms with Crippen LogP contribution in [0.5, 0.6) is 0 Å². The molecule has 0 amide bonds. The zero-order valence-electron chi connectivity index (χ0n) is 6.44. The average molecular weight is 203 g/mol. The van der Waals surface area contributed by atoms with Gasteiger partial charge in [0.25, 0.3) is 0 Å². The van der Waals surface area contributed by atoms with Gasteiger partial charge < -0.3 is 5.11 Å². The number of rotatable bonds is 0. The van der Waals surface area contributed by atoms with Crippen molar-refractivity contribution in [2.45, 2.75) is 0 Å². The lowest BCUT2D eigenvalue weighted by Gasteiger charge is -1.96. The second kappa shape index (κ2) is 4.22. The van der Waals surface area contributed by atoms with Gasteiger partial charge in [0.05, 0.1) is 0 Å². The van der Waals surface area contributed by atoms with Crippen molar-refractivity contribution in [3.05, 3.63) is 34.4 Å². The third-order valence-corrected chi connectivity index (χ3v) is 1.66. The third kappa shape index (κ3) is 2.41. The summed E-state index contributed by atoms with van der Waals surface area (Å²) in [6.45, 7) is -0.355. The van der Waals surface area contributed by atoms with Gasteiger partial charge in [0.15, 0.2) is 0 Å². The smallest absolute Gasteiger partial charge is 0.146 e. The predicted molar refractivity (Wildman–Crippen MR) is 45.3 cm³/mol. The van der Waals surface area contributed by atoms with Crippen LogP contribution in [0.1, 0.15) is 5.56 Å². The Morgan fingerprint density at radius 3 is 2.31 bits per heavy atom. The van der Waals surface area contributed by atoms with E-state index < -0.39 is 16.7 Å². The first-order valence-electron chi connectivity index (χ1n) is 3.39. The Bertz CT molecular complexity index is 356. The van der Waals surface area contributed by atoms with Crippen LogP contribution in [0.3, 0.4) is 0 Å². The van der Waals surface area contributed by atoms with Crippen LogP contribution < -0.4 is 0 Å². The molecule has 68 valence electrons. The Labute approximate surface area is 79.0 Å². The summed E-state index contributed by atoms with van der Waals surface area (Å²) < 4.78 is 25.5. The van der Waals surface area contributed by atoms with E-state index in [-0.39, 0.29) is 12.2 Å². The van der Waals surface area contributed by atoms with Gasteiger partial charge >= 0.3 is 0 Å². The molecule has 0 aliphatic heterocycles. The second-order valence-corrected chi connectivity index (χ2v) is 2.59. The number of hydrogen-bond acceptors (Lipinski definition) is 1. The topological polar surface area (TPSA) is 20.2 Å². The van der Waals surface area contributed by atoms with Gasteiger partial charge in [-0.25, -0.2) is 8.78 Å². The van der Waals surface area contributed by atoms with Crippen molar-refractivity contribution in [3.63, 3.8) is 0 Å². The highest BCUT2D eigenvalue weighted by atomic mass is 35.5. The summed E-state index contributed by atoms with van der Waals surface area (Å²) in [5, 5.41) is 7.79. The molecule has 4 heteroatoms. The summed E-state index contributed by atoms with van der Waals surface area (Å²) in [5.74, 6) is 2.92. The SMILES string of the molecule is OCC#Cc1cc(F)c(Cl)c(F)c1. The van der Waals surface area contributed by atoms with Gasteiger partial charge in [-0.1, -0.05) is 23.4 Å². The number of benzene rings is 1. The van der Waals surface area contributed by atoms with E-state index in [2.05, 4.69) is 11.8 Å². The Hall–Kier alpha value is -1.11. The molecule has 1 nitrogen and oxygen atoms in total. The van der Waals surface area contributed by atoms with Crippen LogP contribution >= 0.6 is 11.6 Å². The molecule has 13 heavy (non-hydrogen) atoms. The maximum Gasteiger partial charge on any atom is 0.146 e. The third-order valence-electron chi connectivity index (χ3n) is 1.30. The van der Waals surface area contributed by atoms with Gasteiger partial charge in [-0.2, -0.15) is 0 Å². The lowest BCUT2D eigenvalue weighted by molar-refractivity contribution is 0.350. The Morgan fingerprint density at radius 1 is 1.31 bits per heavy atom. The van der Waals surface area contributed by atoms with Crippen molar-refractivity contribution in [2.75, 3.05) is 6.61 Å². The van der Waals surface area contributed by atoms with Gasteiger partial charge in [-0.05, 0) is 12.1 Å². The Kier molecular flexibility index (Phi) is 3.24. The van der Waals surface area contributed by atoms with E-state index in [1.807, 2.05) is 0 Å². The van der Waals surface area contributed by atoms with Gasteiger partial charge in [-0.3, -0.25) is 0 Å². The molecule has 0 aromatic heterocycles. The van der Waals surface area contributed by atoms with Crippen molar-refractivity contribution >= 4 is 11.6 Å². The molecule has 0 fully saturated rings. The Balaban J connectivity index is 3.13. The van der Waals surface area contributed by atoms with E-state index in [0.29, 0.717) is 0 Å². The fourth-order valence-corrected chi connectivity index (χ4v) is 0.878. The van der Waals surface area contributed by atoms with Gasteiger partial charge in [0, 0.05) is 5.56 Å². The van der Waals surface area contributed by atoms with Crippen LogP contribution in [-0.4, -0.2) is 11.7 Å². The number of aliphatic hydroxyl groups excluding tert-OH is 1. The molecule has 0 aliphatic rings. The molecular weight excluding hydrogens is 198 g/mol. The fourth-order valence-electron chi connectivity index (χ4n) is 0.769. The molecule has 1 rings (SSSR count). The molecule has 0 unspecified atom stereocenters. The van der Waals surface area contributed by atoms with Crippen LogP contribution in [0.2, 0.25) is 5.02 Å². The molecule has 1 aromatic rings. The highest BCUT2D eigenvalue weighted by molar-refractivity contribution is 6.30. The van der Waals surface area contributed by atoms with Crippen LogP contribution in [0, 0.1) is 23.5 Å². The average Bonchev–Trinajstić information content (AvgIpc) is 2.10. The fraction of sp³-hybridized carbons (Fsp3) is 0.111. The summed E-state index contributed by atoms with van der Waals surface area (Å²) in [6.07, 6.45) is 0. The monoisotopic (exact) mass is 202 g/mol. The molecule has 1 aromatic carbocycles.